The number of aliphatic carboxylic acids is 1. The average Bonchev–Trinajstić information content (AvgIpc) is 2.92. The van der Waals surface area contributed by atoms with Gasteiger partial charge < -0.3 is 34.5 Å². The van der Waals surface area contributed by atoms with Crippen molar-refractivity contribution in [2.45, 2.75) is 31.3 Å². The third kappa shape index (κ3) is 7.81. The SMILES string of the molecule is O=C(O)Cc1cn([C@H]2C[C@H](O)[C@@H](COP(=O)(O)OP(=O)(O)OP(=O)(O)O)O2)c(=O)[nH]c1=O. The number of ether oxygens (including phenoxy) is 1. The number of hydrogen-bond donors (Lipinski definition) is 7. The van der Waals surface area contributed by atoms with Gasteiger partial charge in [0.1, 0.15) is 12.3 Å². The summed E-state index contributed by atoms with van der Waals surface area (Å²) in [6.45, 7) is -0.971. The monoisotopic (exact) mass is 526 g/mol. The summed E-state index contributed by atoms with van der Waals surface area (Å²) in [5, 5.41) is 18.8. The lowest BCUT2D eigenvalue weighted by atomic mass is 10.2. The fourth-order valence-electron chi connectivity index (χ4n) is 2.54. The lowest BCUT2D eigenvalue weighted by Gasteiger charge is -2.19. The molecule has 18 nitrogen and oxygen atoms in total. The van der Waals surface area contributed by atoms with Gasteiger partial charge in [0.05, 0.1) is 19.1 Å². The summed E-state index contributed by atoms with van der Waals surface area (Å²) in [7, 11) is -16.8. The van der Waals surface area contributed by atoms with Gasteiger partial charge in [-0.25, -0.2) is 18.5 Å². The van der Waals surface area contributed by atoms with E-state index in [4.69, 9.17) is 24.5 Å². The van der Waals surface area contributed by atoms with E-state index in [1.807, 2.05) is 4.98 Å². The molecule has 1 aromatic heterocycles. The number of carbonyl (C=O) groups is 1. The predicted octanol–water partition coefficient (Wildman–Crippen LogP) is -1.84. The van der Waals surface area contributed by atoms with Crippen molar-refractivity contribution in [1.29, 1.82) is 0 Å². The highest BCUT2D eigenvalue weighted by Crippen LogP contribution is 2.66. The van der Waals surface area contributed by atoms with Crippen LogP contribution in [0.3, 0.4) is 0 Å². The maximum Gasteiger partial charge on any atom is 0.490 e. The molecule has 1 saturated heterocycles. The fraction of sp³-hybridized carbons (Fsp3) is 0.545. The number of aromatic nitrogens is 2. The minimum absolute atomic E-state index is 0.299. The first-order chi connectivity index (χ1) is 14.5. The number of rotatable bonds is 10. The van der Waals surface area contributed by atoms with E-state index in [0.29, 0.717) is 0 Å². The smallest absolute Gasteiger partial charge is 0.481 e. The van der Waals surface area contributed by atoms with E-state index in [0.717, 1.165) is 10.8 Å². The zero-order chi connectivity index (χ0) is 24.5. The molecule has 0 aliphatic carbocycles. The number of hydrogen-bond acceptors (Lipinski definition) is 11. The molecule has 21 heteroatoms. The third-order valence-electron chi connectivity index (χ3n) is 3.72. The van der Waals surface area contributed by atoms with Gasteiger partial charge in [-0.2, -0.15) is 8.62 Å². The molecule has 5 atom stereocenters. The van der Waals surface area contributed by atoms with Gasteiger partial charge in [-0.05, 0) is 0 Å². The highest BCUT2D eigenvalue weighted by atomic mass is 31.3. The molecule has 1 aromatic rings. The molecule has 0 bridgehead atoms. The van der Waals surface area contributed by atoms with Crippen molar-refractivity contribution in [3.63, 3.8) is 0 Å². The van der Waals surface area contributed by atoms with Crippen LogP contribution in [0.4, 0.5) is 0 Å². The summed E-state index contributed by atoms with van der Waals surface area (Å²) in [5.74, 6) is -1.36. The normalized spacial score (nSPS) is 25.2. The molecular weight excluding hydrogens is 509 g/mol. The van der Waals surface area contributed by atoms with Crippen LogP contribution < -0.4 is 11.2 Å². The molecule has 1 fully saturated rings. The van der Waals surface area contributed by atoms with Crippen LogP contribution in [0.5, 0.6) is 0 Å². The second-order valence-corrected chi connectivity index (χ2v) is 10.6. The number of aromatic amines is 1. The molecule has 0 aromatic carbocycles. The summed E-state index contributed by atoms with van der Waals surface area (Å²) in [5.41, 5.74) is -2.25. The predicted molar refractivity (Wildman–Crippen MR) is 97.0 cm³/mol. The number of aliphatic hydroxyl groups excluding tert-OH is 1. The zero-order valence-electron chi connectivity index (χ0n) is 15.5. The number of aliphatic hydroxyl groups is 1. The molecule has 1 aliphatic heterocycles. The number of nitrogens with one attached hydrogen (secondary N) is 1. The van der Waals surface area contributed by atoms with Gasteiger partial charge in [0.25, 0.3) is 5.56 Å². The Morgan fingerprint density at radius 1 is 1.16 bits per heavy atom. The average molecular weight is 526 g/mol. The van der Waals surface area contributed by atoms with Crippen LogP contribution in [0.2, 0.25) is 0 Å². The molecule has 32 heavy (non-hydrogen) atoms. The molecule has 0 amide bonds. The molecule has 2 heterocycles. The van der Waals surface area contributed by atoms with Crippen LogP contribution in [0.25, 0.3) is 0 Å². The molecule has 0 radical (unpaired) electrons. The van der Waals surface area contributed by atoms with Crippen molar-refractivity contribution in [2.75, 3.05) is 6.61 Å². The van der Waals surface area contributed by atoms with Gasteiger partial charge in [0.2, 0.25) is 0 Å². The second-order valence-electron chi connectivity index (χ2n) is 6.21. The molecule has 0 spiro atoms. The Bertz CT molecular complexity index is 1120. The molecular formula is C11H17N2O16P3. The van der Waals surface area contributed by atoms with Crippen LogP contribution in [0.15, 0.2) is 15.8 Å². The van der Waals surface area contributed by atoms with Crippen molar-refractivity contribution in [2.24, 2.45) is 0 Å². The molecule has 2 rings (SSSR count). The highest BCUT2D eigenvalue weighted by molar-refractivity contribution is 7.66. The summed E-state index contributed by atoms with van der Waals surface area (Å²) in [4.78, 5) is 71.8. The molecule has 182 valence electrons. The maximum atomic E-state index is 12.0. The summed E-state index contributed by atoms with van der Waals surface area (Å²) < 4.78 is 51.1. The fourth-order valence-corrected chi connectivity index (χ4v) is 5.57. The van der Waals surface area contributed by atoms with Gasteiger partial charge in [0.15, 0.2) is 0 Å². The lowest BCUT2D eigenvalue weighted by Crippen LogP contribution is -2.35. The van der Waals surface area contributed by atoms with Crippen LogP contribution in [0.1, 0.15) is 18.2 Å². The lowest BCUT2D eigenvalue weighted by molar-refractivity contribution is -0.136. The van der Waals surface area contributed by atoms with Gasteiger partial charge in [-0.3, -0.25) is 23.7 Å². The third-order valence-corrected chi connectivity index (χ3v) is 7.52. The number of phosphoric ester groups is 1. The van der Waals surface area contributed by atoms with Crippen molar-refractivity contribution >= 4 is 29.4 Å². The second kappa shape index (κ2) is 9.77. The van der Waals surface area contributed by atoms with Gasteiger partial charge in [-0.15, -0.1) is 0 Å². The minimum Gasteiger partial charge on any atom is -0.481 e. The Hall–Kier alpha value is -1.52. The largest absolute Gasteiger partial charge is 0.490 e. The highest BCUT2D eigenvalue weighted by Gasteiger charge is 2.43. The van der Waals surface area contributed by atoms with E-state index in [2.05, 4.69) is 13.1 Å². The number of nitrogens with zero attached hydrogens (tertiary/aromatic N) is 1. The van der Waals surface area contributed by atoms with Crippen molar-refractivity contribution in [3.8, 4) is 0 Å². The van der Waals surface area contributed by atoms with Crippen LogP contribution in [-0.2, 0) is 42.8 Å². The van der Waals surface area contributed by atoms with E-state index >= 15 is 0 Å². The Kier molecular flexibility index (Phi) is 8.16. The molecule has 1 aliphatic rings. The summed E-state index contributed by atoms with van der Waals surface area (Å²) in [6, 6.07) is 0. The summed E-state index contributed by atoms with van der Waals surface area (Å²) >= 11 is 0. The number of carboxylic acid groups (broad SMARTS) is 1. The maximum absolute atomic E-state index is 12.0. The van der Waals surface area contributed by atoms with Crippen molar-refractivity contribution in [3.05, 3.63) is 32.6 Å². The van der Waals surface area contributed by atoms with Crippen LogP contribution >= 0.6 is 23.5 Å². The van der Waals surface area contributed by atoms with E-state index in [1.165, 1.54) is 0 Å². The van der Waals surface area contributed by atoms with Gasteiger partial charge in [0, 0.05) is 18.2 Å². The first kappa shape index (κ1) is 26.7. The molecule has 2 unspecified atom stereocenters. The Morgan fingerprint density at radius 3 is 2.34 bits per heavy atom. The Morgan fingerprint density at radius 2 is 1.78 bits per heavy atom. The summed E-state index contributed by atoms with van der Waals surface area (Å²) in [6.07, 6.45) is -4.27. The molecule has 0 saturated carbocycles. The quantitative estimate of drug-likeness (QED) is 0.165. The van der Waals surface area contributed by atoms with Crippen molar-refractivity contribution in [1.82, 2.24) is 9.55 Å². The number of carboxylic acids is 1. The number of phosphoric acid groups is 3. The Balaban J connectivity index is 2.08. The van der Waals surface area contributed by atoms with E-state index in [9.17, 15) is 38.1 Å². The van der Waals surface area contributed by atoms with Crippen LogP contribution in [-0.4, -0.2) is 64.1 Å². The van der Waals surface area contributed by atoms with Crippen molar-refractivity contribution < 1.29 is 66.2 Å². The zero-order valence-corrected chi connectivity index (χ0v) is 18.2. The standard InChI is InChI=1S/C11H17N2O16P3/c14-6-2-8(13-3-5(1-9(15)16)10(17)12-11(13)18)27-7(6)4-26-31(22,23)29-32(24,25)28-30(19,20)21/h3,6-8,14H,1-2,4H2,(H,15,16)(H,22,23)(H,24,25)(H,12,17,18)(H2,19,20,21)/t6-,7+,8+/m0/s1. The first-order valence-electron chi connectivity index (χ1n) is 8.16. The van der Waals surface area contributed by atoms with Gasteiger partial charge in [-0.1, -0.05) is 0 Å². The van der Waals surface area contributed by atoms with E-state index in [1.54, 1.807) is 0 Å². The number of H-pyrrole nitrogens is 1. The first-order valence-corrected chi connectivity index (χ1v) is 12.7. The van der Waals surface area contributed by atoms with E-state index in [-0.39, 0.29) is 12.0 Å². The van der Waals surface area contributed by atoms with E-state index < -0.39 is 72.1 Å². The Labute approximate surface area is 176 Å². The van der Waals surface area contributed by atoms with Gasteiger partial charge >= 0.3 is 35.1 Å². The topological polar surface area (TPSA) is 281 Å². The molecule has 7 N–H and O–H groups in total. The van der Waals surface area contributed by atoms with Crippen LogP contribution in [0, 0.1) is 0 Å². The minimum atomic E-state index is -5.73.